The Balaban J connectivity index is 2.09. The molecule has 2 aromatic heterocycles. The first-order valence-corrected chi connectivity index (χ1v) is 6.74. The highest BCUT2D eigenvalue weighted by atomic mass is 32.1. The number of nitrogens with zero attached hydrogens (tertiary/aromatic N) is 3. The molecule has 2 heterocycles. The van der Waals surface area contributed by atoms with Crippen LogP contribution in [0, 0.1) is 6.92 Å². The Kier molecular flexibility index (Phi) is 4.28. The lowest BCUT2D eigenvalue weighted by Crippen LogP contribution is -2.16. The highest BCUT2D eigenvalue weighted by Gasteiger charge is 2.11. The lowest BCUT2D eigenvalue weighted by Gasteiger charge is -2.14. The molecule has 0 saturated heterocycles. The minimum Gasteiger partial charge on any atom is -0.345 e. The van der Waals surface area contributed by atoms with Crippen molar-refractivity contribution < 1.29 is 0 Å². The number of anilines is 1. The molecule has 0 radical (unpaired) electrons. The van der Waals surface area contributed by atoms with Crippen molar-refractivity contribution in [3.63, 3.8) is 0 Å². The zero-order valence-electron chi connectivity index (χ0n) is 11.0. The summed E-state index contributed by atoms with van der Waals surface area (Å²) in [6.45, 7) is 3.72. The van der Waals surface area contributed by atoms with Gasteiger partial charge in [0, 0.05) is 24.7 Å². The molecule has 0 aliphatic rings. The third kappa shape index (κ3) is 3.05. The zero-order chi connectivity index (χ0) is 13.0. The van der Waals surface area contributed by atoms with Gasteiger partial charge in [0.2, 0.25) is 0 Å². The van der Waals surface area contributed by atoms with Crippen LogP contribution in [0.5, 0.6) is 0 Å². The number of hydrogen-bond acceptors (Lipinski definition) is 5. The largest absolute Gasteiger partial charge is 0.345 e. The quantitative estimate of drug-likeness (QED) is 0.897. The summed E-state index contributed by atoms with van der Waals surface area (Å²) in [6.07, 6.45) is 1.82. The monoisotopic (exact) mass is 262 g/mol. The SMILES string of the molecule is CNCc1sc(N(C)Cc2ccccn2)nc1C. The van der Waals surface area contributed by atoms with Crippen molar-refractivity contribution in [2.24, 2.45) is 0 Å². The molecular weight excluding hydrogens is 244 g/mol. The molecule has 0 atom stereocenters. The van der Waals surface area contributed by atoms with Crippen LogP contribution in [0.3, 0.4) is 0 Å². The van der Waals surface area contributed by atoms with Crippen LogP contribution in [0.25, 0.3) is 0 Å². The minimum absolute atomic E-state index is 0.785. The van der Waals surface area contributed by atoms with Crippen molar-refractivity contribution in [2.45, 2.75) is 20.0 Å². The Morgan fingerprint density at radius 1 is 1.39 bits per heavy atom. The second kappa shape index (κ2) is 5.93. The van der Waals surface area contributed by atoms with Gasteiger partial charge in [-0.1, -0.05) is 6.07 Å². The maximum absolute atomic E-state index is 4.60. The molecule has 1 N–H and O–H groups in total. The smallest absolute Gasteiger partial charge is 0.185 e. The van der Waals surface area contributed by atoms with E-state index < -0.39 is 0 Å². The average molecular weight is 262 g/mol. The summed E-state index contributed by atoms with van der Waals surface area (Å²) in [5, 5.41) is 4.21. The maximum Gasteiger partial charge on any atom is 0.185 e. The van der Waals surface area contributed by atoms with Gasteiger partial charge in [-0.2, -0.15) is 0 Å². The molecular formula is C13H18N4S. The third-order valence-electron chi connectivity index (χ3n) is 2.67. The predicted molar refractivity (Wildman–Crippen MR) is 76.0 cm³/mol. The molecule has 4 nitrogen and oxygen atoms in total. The maximum atomic E-state index is 4.60. The molecule has 18 heavy (non-hydrogen) atoms. The molecule has 0 bridgehead atoms. The molecule has 0 amide bonds. The number of aryl methyl sites for hydroxylation is 1. The van der Waals surface area contributed by atoms with Crippen molar-refractivity contribution in [3.05, 3.63) is 40.7 Å². The summed E-state index contributed by atoms with van der Waals surface area (Å²) in [4.78, 5) is 12.4. The van der Waals surface area contributed by atoms with Gasteiger partial charge in [-0.25, -0.2) is 4.98 Å². The fraction of sp³-hybridized carbons (Fsp3) is 0.385. The van der Waals surface area contributed by atoms with Gasteiger partial charge in [0.05, 0.1) is 17.9 Å². The van der Waals surface area contributed by atoms with E-state index in [9.17, 15) is 0 Å². The van der Waals surface area contributed by atoms with E-state index >= 15 is 0 Å². The summed E-state index contributed by atoms with van der Waals surface area (Å²) < 4.78 is 0. The van der Waals surface area contributed by atoms with Crippen molar-refractivity contribution in [2.75, 3.05) is 19.0 Å². The number of aromatic nitrogens is 2. The number of rotatable bonds is 5. The Morgan fingerprint density at radius 2 is 2.22 bits per heavy atom. The van der Waals surface area contributed by atoms with Gasteiger partial charge in [-0.15, -0.1) is 11.3 Å². The molecule has 5 heteroatoms. The Hall–Kier alpha value is -1.46. The van der Waals surface area contributed by atoms with E-state index in [0.717, 1.165) is 29.6 Å². The van der Waals surface area contributed by atoms with Crippen molar-refractivity contribution in [1.29, 1.82) is 0 Å². The van der Waals surface area contributed by atoms with Crippen LogP contribution in [0.2, 0.25) is 0 Å². The van der Waals surface area contributed by atoms with Gasteiger partial charge in [0.15, 0.2) is 5.13 Å². The van der Waals surface area contributed by atoms with Crippen LogP contribution in [0.1, 0.15) is 16.3 Å². The molecule has 0 aliphatic heterocycles. The summed E-state index contributed by atoms with van der Waals surface area (Å²) in [5.74, 6) is 0. The van der Waals surface area contributed by atoms with Gasteiger partial charge >= 0.3 is 0 Å². The standard InChI is InChI=1S/C13H18N4S/c1-10-12(8-14-2)18-13(16-10)17(3)9-11-6-4-5-7-15-11/h4-7,14H,8-9H2,1-3H3. The first kappa shape index (κ1) is 13.0. The van der Waals surface area contributed by atoms with Crippen LogP contribution < -0.4 is 10.2 Å². The van der Waals surface area contributed by atoms with Crippen LogP contribution >= 0.6 is 11.3 Å². The van der Waals surface area contributed by atoms with Gasteiger partial charge in [0.25, 0.3) is 0 Å². The molecule has 0 fully saturated rings. The first-order valence-electron chi connectivity index (χ1n) is 5.92. The summed E-state index contributed by atoms with van der Waals surface area (Å²) in [5.41, 5.74) is 2.17. The van der Waals surface area contributed by atoms with E-state index in [2.05, 4.69) is 34.2 Å². The Morgan fingerprint density at radius 3 is 2.89 bits per heavy atom. The summed E-state index contributed by atoms with van der Waals surface area (Å²) >= 11 is 1.74. The molecule has 96 valence electrons. The zero-order valence-corrected chi connectivity index (χ0v) is 11.8. The number of pyridine rings is 1. The van der Waals surface area contributed by atoms with E-state index in [-0.39, 0.29) is 0 Å². The molecule has 0 aliphatic carbocycles. The molecule has 2 rings (SSSR count). The first-order chi connectivity index (χ1) is 8.70. The molecule has 0 unspecified atom stereocenters. The normalized spacial score (nSPS) is 10.6. The number of thiazole rings is 1. The molecule has 0 spiro atoms. The highest BCUT2D eigenvalue weighted by molar-refractivity contribution is 7.15. The summed E-state index contributed by atoms with van der Waals surface area (Å²) in [7, 11) is 4.01. The number of hydrogen-bond donors (Lipinski definition) is 1. The van der Waals surface area contributed by atoms with E-state index in [1.165, 1.54) is 4.88 Å². The van der Waals surface area contributed by atoms with Gasteiger partial charge < -0.3 is 10.2 Å². The lowest BCUT2D eigenvalue weighted by atomic mass is 10.3. The van der Waals surface area contributed by atoms with Crippen LogP contribution in [-0.4, -0.2) is 24.1 Å². The lowest BCUT2D eigenvalue weighted by molar-refractivity contribution is 0.822. The highest BCUT2D eigenvalue weighted by Crippen LogP contribution is 2.25. The van der Waals surface area contributed by atoms with E-state index in [0.29, 0.717) is 0 Å². The Bertz CT molecular complexity index is 495. The average Bonchev–Trinajstić information content (AvgIpc) is 2.73. The number of nitrogens with one attached hydrogen (secondary N) is 1. The fourth-order valence-corrected chi connectivity index (χ4v) is 2.74. The van der Waals surface area contributed by atoms with Crippen LogP contribution in [0.4, 0.5) is 5.13 Å². The minimum atomic E-state index is 0.785. The van der Waals surface area contributed by atoms with Crippen LogP contribution in [0.15, 0.2) is 24.4 Å². The van der Waals surface area contributed by atoms with Crippen molar-refractivity contribution in [1.82, 2.24) is 15.3 Å². The Labute approximate surface area is 112 Å². The second-order valence-electron chi connectivity index (χ2n) is 4.21. The van der Waals surface area contributed by atoms with Gasteiger partial charge in [-0.3, -0.25) is 4.98 Å². The second-order valence-corrected chi connectivity index (χ2v) is 5.27. The third-order valence-corrected chi connectivity index (χ3v) is 3.94. The van der Waals surface area contributed by atoms with Crippen molar-refractivity contribution in [3.8, 4) is 0 Å². The van der Waals surface area contributed by atoms with Crippen molar-refractivity contribution >= 4 is 16.5 Å². The van der Waals surface area contributed by atoms with E-state index in [1.54, 1.807) is 11.3 Å². The van der Waals surface area contributed by atoms with Crippen LogP contribution in [-0.2, 0) is 13.1 Å². The van der Waals surface area contributed by atoms with Gasteiger partial charge in [-0.05, 0) is 26.1 Å². The molecule has 0 saturated carbocycles. The van der Waals surface area contributed by atoms with E-state index in [4.69, 9.17) is 0 Å². The summed E-state index contributed by atoms with van der Waals surface area (Å²) in [6, 6.07) is 5.98. The molecule has 2 aromatic rings. The van der Waals surface area contributed by atoms with E-state index in [1.807, 2.05) is 31.4 Å². The fourth-order valence-electron chi connectivity index (χ4n) is 1.70. The van der Waals surface area contributed by atoms with Gasteiger partial charge in [0.1, 0.15) is 0 Å². The predicted octanol–water partition coefficient (Wildman–Crippen LogP) is 2.20. The molecule has 0 aromatic carbocycles. The topological polar surface area (TPSA) is 41.0 Å².